The quantitative estimate of drug-likeness (QED) is 0.342. The molecule has 2 amide bonds. The third-order valence-corrected chi connectivity index (χ3v) is 7.99. The first kappa shape index (κ1) is 22.6. The first-order chi connectivity index (χ1) is 18.4. The molecule has 2 aliphatic rings. The van der Waals surface area contributed by atoms with E-state index in [2.05, 4.69) is 10.2 Å². The van der Waals surface area contributed by atoms with Gasteiger partial charge < -0.3 is 9.32 Å². The highest BCUT2D eigenvalue weighted by Crippen LogP contribution is 2.54. The lowest BCUT2D eigenvalue weighted by Crippen LogP contribution is -2.53. The van der Waals surface area contributed by atoms with E-state index in [0.717, 1.165) is 11.1 Å². The number of aryl methyl sites for hydroxylation is 2. The van der Waals surface area contributed by atoms with Gasteiger partial charge in [0.1, 0.15) is 10.6 Å². The molecule has 0 radical (unpaired) electrons. The predicted molar refractivity (Wildman–Crippen MR) is 144 cm³/mol. The SMILES string of the molecule is Cc1cccc(CN2C(=O)C3(c4ccccc42)c2c(oc4ccccc4c2=O)C(=O)N3c2nnc(C)s2)c1. The lowest BCUT2D eigenvalue weighted by atomic mass is 9.84. The topological polar surface area (TPSA) is 96.6 Å². The van der Waals surface area contributed by atoms with Gasteiger partial charge in [0.15, 0.2) is 11.0 Å². The number of anilines is 2. The molecule has 8 nitrogen and oxygen atoms in total. The van der Waals surface area contributed by atoms with Crippen LogP contribution in [0.2, 0.25) is 0 Å². The van der Waals surface area contributed by atoms with Crippen LogP contribution >= 0.6 is 11.3 Å². The molecule has 0 saturated heterocycles. The van der Waals surface area contributed by atoms with Crippen LogP contribution in [-0.2, 0) is 16.9 Å². The fourth-order valence-corrected chi connectivity index (χ4v) is 6.37. The molecular weight excluding hydrogens is 500 g/mol. The lowest BCUT2D eigenvalue weighted by Gasteiger charge is -2.32. The Bertz CT molecular complexity index is 1880. The van der Waals surface area contributed by atoms with Gasteiger partial charge in [-0.2, -0.15) is 0 Å². The van der Waals surface area contributed by atoms with E-state index in [1.807, 2.05) is 43.3 Å². The molecule has 186 valence electrons. The van der Waals surface area contributed by atoms with Crippen LogP contribution in [0.25, 0.3) is 11.0 Å². The van der Waals surface area contributed by atoms with E-state index in [4.69, 9.17) is 4.42 Å². The Kier molecular flexibility index (Phi) is 4.71. The fraction of sp³-hybridized carbons (Fsp3) is 0.138. The van der Waals surface area contributed by atoms with Gasteiger partial charge in [0.25, 0.3) is 11.8 Å². The normalized spacial score (nSPS) is 18.1. The minimum Gasteiger partial charge on any atom is -0.450 e. The number of nitrogens with zero attached hydrogens (tertiary/aromatic N) is 4. The van der Waals surface area contributed by atoms with Gasteiger partial charge in [-0.3, -0.25) is 19.3 Å². The van der Waals surface area contributed by atoms with Crippen LogP contribution in [0.3, 0.4) is 0 Å². The van der Waals surface area contributed by atoms with Crippen molar-refractivity contribution in [3.8, 4) is 0 Å². The second-order valence-corrected chi connectivity index (χ2v) is 10.6. The summed E-state index contributed by atoms with van der Waals surface area (Å²) in [6.45, 7) is 4.03. The summed E-state index contributed by atoms with van der Waals surface area (Å²) < 4.78 is 6.07. The summed E-state index contributed by atoms with van der Waals surface area (Å²) >= 11 is 1.18. The Morgan fingerprint density at radius 2 is 1.71 bits per heavy atom. The summed E-state index contributed by atoms with van der Waals surface area (Å²) in [5, 5.41) is 9.50. The smallest absolute Gasteiger partial charge is 0.297 e. The molecule has 5 aromatic rings. The van der Waals surface area contributed by atoms with Crippen LogP contribution in [0.5, 0.6) is 0 Å². The molecule has 2 aromatic heterocycles. The van der Waals surface area contributed by atoms with E-state index < -0.39 is 22.8 Å². The van der Waals surface area contributed by atoms with Crippen molar-refractivity contribution in [2.45, 2.75) is 25.9 Å². The molecule has 0 N–H and O–H groups in total. The molecular formula is C29H20N4O4S. The zero-order chi connectivity index (χ0) is 26.2. The average Bonchev–Trinajstić information content (AvgIpc) is 3.53. The Balaban J connectivity index is 1.56. The molecule has 1 atom stereocenters. The summed E-state index contributed by atoms with van der Waals surface area (Å²) in [5.41, 5.74) is 1.25. The summed E-state index contributed by atoms with van der Waals surface area (Å²) in [6.07, 6.45) is 0. The number of aromatic nitrogens is 2. The van der Waals surface area contributed by atoms with Crippen molar-refractivity contribution >= 4 is 44.9 Å². The molecule has 38 heavy (non-hydrogen) atoms. The third kappa shape index (κ3) is 2.87. The largest absolute Gasteiger partial charge is 0.450 e. The molecule has 0 saturated carbocycles. The zero-order valence-electron chi connectivity index (χ0n) is 20.5. The summed E-state index contributed by atoms with van der Waals surface area (Å²) in [4.78, 5) is 45.9. The van der Waals surface area contributed by atoms with E-state index in [9.17, 15) is 14.4 Å². The van der Waals surface area contributed by atoms with Crippen LogP contribution < -0.4 is 15.2 Å². The molecule has 4 heterocycles. The minimum atomic E-state index is -1.77. The molecule has 2 aliphatic heterocycles. The summed E-state index contributed by atoms with van der Waals surface area (Å²) in [7, 11) is 0. The molecule has 9 heteroatoms. The van der Waals surface area contributed by atoms with Crippen molar-refractivity contribution in [1.82, 2.24) is 10.2 Å². The highest BCUT2D eigenvalue weighted by Gasteiger charge is 2.66. The number of para-hydroxylation sites is 2. The summed E-state index contributed by atoms with van der Waals surface area (Å²) in [5.74, 6) is -1.16. The van der Waals surface area contributed by atoms with E-state index in [1.54, 1.807) is 48.2 Å². The van der Waals surface area contributed by atoms with Gasteiger partial charge in [-0.05, 0) is 37.6 Å². The fourth-order valence-electron chi connectivity index (χ4n) is 5.64. The van der Waals surface area contributed by atoms with E-state index in [1.165, 1.54) is 16.2 Å². The molecule has 1 unspecified atom stereocenters. The van der Waals surface area contributed by atoms with Crippen molar-refractivity contribution in [3.63, 3.8) is 0 Å². The van der Waals surface area contributed by atoms with Crippen LogP contribution in [-0.4, -0.2) is 22.0 Å². The number of rotatable bonds is 3. The number of hydrogen-bond acceptors (Lipinski definition) is 7. The van der Waals surface area contributed by atoms with Crippen LogP contribution in [0.4, 0.5) is 10.8 Å². The highest BCUT2D eigenvalue weighted by atomic mass is 32.1. The highest BCUT2D eigenvalue weighted by molar-refractivity contribution is 7.15. The van der Waals surface area contributed by atoms with Gasteiger partial charge in [-0.1, -0.05) is 71.5 Å². The minimum absolute atomic E-state index is 0.0123. The van der Waals surface area contributed by atoms with Gasteiger partial charge in [-0.15, -0.1) is 10.2 Å². The molecule has 0 bridgehead atoms. The van der Waals surface area contributed by atoms with E-state index in [-0.39, 0.29) is 28.6 Å². The Hall–Kier alpha value is -4.63. The number of fused-ring (bicyclic) bond motifs is 5. The van der Waals surface area contributed by atoms with Gasteiger partial charge >= 0.3 is 0 Å². The predicted octanol–water partition coefficient (Wildman–Crippen LogP) is 4.71. The van der Waals surface area contributed by atoms with Crippen molar-refractivity contribution in [2.75, 3.05) is 9.80 Å². The first-order valence-electron chi connectivity index (χ1n) is 12.1. The zero-order valence-corrected chi connectivity index (χ0v) is 21.3. The van der Waals surface area contributed by atoms with Gasteiger partial charge in [0, 0.05) is 5.56 Å². The Labute approximate surface area is 220 Å². The second kappa shape index (κ2) is 7.93. The van der Waals surface area contributed by atoms with Crippen molar-refractivity contribution in [3.05, 3.63) is 116 Å². The molecule has 0 fully saturated rings. The van der Waals surface area contributed by atoms with Gasteiger partial charge in [0.2, 0.25) is 10.9 Å². The first-order valence-corrected chi connectivity index (χ1v) is 12.9. The molecule has 7 rings (SSSR count). The maximum Gasteiger partial charge on any atom is 0.297 e. The van der Waals surface area contributed by atoms with Crippen molar-refractivity contribution in [1.29, 1.82) is 0 Å². The second-order valence-electron chi connectivity index (χ2n) is 9.48. The van der Waals surface area contributed by atoms with E-state index in [0.29, 0.717) is 21.6 Å². The standard InChI is InChI=1S/C29H20N4O4S/c1-16-8-7-9-18(14-16)15-32-21-12-5-4-11-20(21)29(27(32)36)23-24(34)19-10-3-6-13-22(19)37-25(23)26(35)33(29)28-31-30-17(2)38-28/h3-14H,15H2,1-2H3. The van der Waals surface area contributed by atoms with Crippen molar-refractivity contribution < 1.29 is 14.0 Å². The average molecular weight is 521 g/mol. The number of carbonyl (C=O) groups excluding carboxylic acids is 2. The van der Waals surface area contributed by atoms with Gasteiger partial charge in [-0.25, -0.2) is 0 Å². The molecule has 0 aliphatic carbocycles. The van der Waals surface area contributed by atoms with Crippen LogP contribution in [0.1, 0.15) is 37.8 Å². The maximum absolute atomic E-state index is 14.8. The molecule has 1 spiro atoms. The molecule has 3 aromatic carbocycles. The number of amides is 2. The van der Waals surface area contributed by atoms with E-state index >= 15 is 0 Å². The summed E-state index contributed by atoms with van der Waals surface area (Å²) in [6, 6.07) is 21.9. The maximum atomic E-state index is 14.8. The van der Waals surface area contributed by atoms with Gasteiger partial charge in [0.05, 0.1) is 23.2 Å². The van der Waals surface area contributed by atoms with Crippen LogP contribution in [0.15, 0.2) is 82.0 Å². The Morgan fingerprint density at radius 3 is 2.50 bits per heavy atom. The third-order valence-electron chi connectivity index (χ3n) is 7.16. The monoisotopic (exact) mass is 520 g/mol. The van der Waals surface area contributed by atoms with Crippen molar-refractivity contribution in [2.24, 2.45) is 0 Å². The number of hydrogen-bond donors (Lipinski definition) is 0. The Morgan fingerprint density at radius 1 is 0.921 bits per heavy atom. The number of carbonyl (C=O) groups is 2. The van der Waals surface area contributed by atoms with Crippen LogP contribution in [0, 0.1) is 13.8 Å². The number of benzene rings is 3. The lowest BCUT2D eigenvalue weighted by molar-refractivity contribution is -0.121.